The van der Waals surface area contributed by atoms with Crippen molar-refractivity contribution in [3.63, 3.8) is 0 Å². The van der Waals surface area contributed by atoms with E-state index < -0.39 is 16.8 Å². The first-order valence-corrected chi connectivity index (χ1v) is 9.61. The fourth-order valence-corrected chi connectivity index (χ4v) is 3.78. The van der Waals surface area contributed by atoms with Crippen LogP contribution in [0, 0.1) is 17.0 Å². The average Bonchev–Trinajstić information content (AvgIpc) is 2.94. The number of thiophene rings is 1. The third-order valence-electron chi connectivity index (χ3n) is 3.85. The van der Waals surface area contributed by atoms with E-state index in [0.29, 0.717) is 22.5 Å². The molecular formula is C20H22N2O5S. The van der Waals surface area contributed by atoms with Crippen LogP contribution < -0.4 is 5.32 Å². The van der Waals surface area contributed by atoms with E-state index in [9.17, 15) is 19.7 Å². The van der Waals surface area contributed by atoms with Crippen LogP contribution in [0.2, 0.25) is 0 Å². The third-order valence-corrected chi connectivity index (χ3v) is 4.92. The topological polar surface area (TPSA) is 98.5 Å². The van der Waals surface area contributed by atoms with E-state index in [1.165, 1.54) is 35.6 Å². The van der Waals surface area contributed by atoms with E-state index in [4.69, 9.17) is 4.74 Å². The molecule has 28 heavy (non-hydrogen) atoms. The quantitative estimate of drug-likeness (QED) is 0.312. The van der Waals surface area contributed by atoms with Gasteiger partial charge in [0.25, 0.3) is 5.69 Å². The van der Waals surface area contributed by atoms with Crippen LogP contribution in [0.15, 0.2) is 30.3 Å². The van der Waals surface area contributed by atoms with Gasteiger partial charge in [-0.2, -0.15) is 0 Å². The Morgan fingerprint density at radius 1 is 1.36 bits per heavy atom. The van der Waals surface area contributed by atoms with Gasteiger partial charge in [-0.15, -0.1) is 11.3 Å². The molecule has 0 aliphatic carbocycles. The molecule has 1 heterocycles. The lowest BCUT2D eigenvalue weighted by Crippen LogP contribution is -2.16. The summed E-state index contributed by atoms with van der Waals surface area (Å²) in [6.07, 6.45) is 3.13. The summed E-state index contributed by atoms with van der Waals surface area (Å²) in [5.41, 5.74) is 1.72. The maximum atomic E-state index is 12.5. The number of hydrogen-bond donors (Lipinski definition) is 1. The SMILES string of the molecule is CCc1c(C)sc(NC(=O)/C=C/c2cccc([N+](=O)[O-])c2)c1C(=O)OC(C)C. The average molecular weight is 402 g/mol. The fraction of sp³-hybridized carbons (Fsp3) is 0.300. The Morgan fingerprint density at radius 3 is 2.68 bits per heavy atom. The predicted octanol–water partition coefficient (Wildman–Crippen LogP) is 4.74. The minimum atomic E-state index is -0.495. The second-order valence-corrected chi connectivity index (χ2v) is 7.55. The highest BCUT2D eigenvalue weighted by atomic mass is 32.1. The van der Waals surface area contributed by atoms with Crippen LogP contribution in [0.3, 0.4) is 0 Å². The van der Waals surface area contributed by atoms with E-state index in [2.05, 4.69) is 5.32 Å². The molecule has 0 aliphatic rings. The molecule has 1 N–H and O–H groups in total. The number of nitrogens with zero attached hydrogens (tertiary/aromatic N) is 1. The molecule has 0 unspecified atom stereocenters. The van der Waals surface area contributed by atoms with Gasteiger partial charge in [0.2, 0.25) is 5.91 Å². The van der Waals surface area contributed by atoms with Gasteiger partial charge in [0.05, 0.1) is 16.6 Å². The first kappa shape index (κ1) is 21.3. The van der Waals surface area contributed by atoms with Crippen molar-refractivity contribution < 1.29 is 19.2 Å². The van der Waals surface area contributed by atoms with Crippen LogP contribution in [0.5, 0.6) is 0 Å². The number of amides is 1. The summed E-state index contributed by atoms with van der Waals surface area (Å²) < 4.78 is 5.31. The van der Waals surface area contributed by atoms with Gasteiger partial charge in [0, 0.05) is 23.1 Å². The predicted molar refractivity (Wildman–Crippen MR) is 110 cm³/mol. The monoisotopic (exact) mass is 402 g/mol. The molecule has 0 radical (unpaired) electrons. The molecule has 0 saturated carbocycles. The maximum absolute atomic E-state index is 12.5. The summed E-state index contributed by atoms with van der Waals surface area (Å²) in [6.45, 7) is 7.37. The highest BCUT2D eigenvalue weighted by Gasteiger charge is 2.23. The number of esters is 1. The molecule has 0 aliphatic heterocycles. The minimum absolute atomic E-state index is 0.0530. The lowest BCUT2D eigenvalue weighted by Gasteiger charge is -2.10. The fourth-order valence-electron chi connectivity index (χ4n) is 2.65. The largest absolute Gasteiger partial charge is 0.459 e. The summed E-state index contributed by atoms with van der Waals surface area (Å²) in [5, 5.41) is 14.0. The molecule has 0 atom stereocenters. The summed E-state index contributed by atoms with van der Waals surface area (Å²) in [7, 11) is 0. The molecule has 0 bridgehead atoms. The molecule has 0 spiro atoms. The molecule has 1 aromatic carbocycles. The lowest BCUT2D eigenvalue weighted by molar-refractivity contribution is -0.384. The minimum Gasteiger partial charge on any atom is -0.459 e. The molecule has 1 amide bonds. The van der Waals surface area contributed by atoms with Crippen LogP contribution in [-0.2, 0) is 16.0 Å². The van der Waals surface area contributed by atoms with Crippen LogP contribution >= 0.6 is 11.3 Å². The maximum Gasteiger partial charge on any atom is 0.341 e. The van der Waals surface area contributed by atoms with Crippen molar-refractivity contribution in [2.24, 2.45) is 0 Å². The molecule has 8 heteroatoms. The molecule has 2 aromatic rings. The number of nitrogens with one attached hydrogen (secondary N) is 1. The van der Waals surface area contributed by atoms with Gasteiger partial charge in [-0.05, 0) is 44.4 Å². The van der Waals surface area contributed by atoms with E-state index in [1.54, 1.807) is 26.0 Å². The zero-order chi connectivity index (χ0) is 20.8. The smallest absolute Gasteiger partial charge is 0.341 e. The standard InChI is InChI=1S/C20H22N2O5S/c1-5-16-13(4)28-19(18(16)20(24)27-12(2)3)21-17(23)10-9-14-7-6-8-15(11-14)22(25)26/h6-12H,5H2,1-4H3,(H,21,23)/b10-9+. The number of ether oxygens (including phenoxy) is 1. The molecule has 0 fully saturated rings. The number of hydrogen-bond acceptors (Lipinski definition) is 6. The summed E-state index contributed by atoms with van der Waals surface area (Å²) in [5.74, 6) is -0.900. The Balaban J connectivity index is 2.23. The van der Waals surface area contributed by atoms with Gasteiger partial charge in [-0.25, -0.2) is 4.79 Å². The van der Waals surface area contributed by atoms with Gasteiger partial charge in [-0.3, -0.25) is 14.9 Å². The van der Waals surface area contributed by atoms with E-state index in [1.807, 2.05) is 13.8 Å². The van der Waals surface area contributed by atoms with Crippen molar-refractivity contribution in [2.45, 2.75) is 40.2 Å². The molecule has 0 saturated heterocycles. The number of aryl methyl sites for hydroxylation is 1. The number of nitro groups is 1. The van der Waals surface area contributed by atoms with Crippen molar-refractivity contribution in [3.8, 4) is 0 Å². The highest BCUT2D eigenvalue weighted by Crippen LogP contribution is 2.34. The number of carbonyl (C=O) groups is 2. The molecule has 2 rings (SSSR count). The van der Waals surface area contributed by atoms with Gasteiger partial charge < -0.3 is 10.1 Å². The first-order valence-electron chi connectivity index (χ1n) is 8.79. The van der Waals surface area contributed by atoms with Gasteiger partial charge >= 0.3 is 5.97 Å². The summed E-state index contributed by atoms with van der Waals surface area (Å²) >= 11 is 1.32. The van der Waals surface area contributed by atoms with Gasteiger partial charge in [0.1, 0.15) is 5.00 Å². The Bertz CT molecular complexity index is 931. The van der Waals surface area contributed by atoms with E-state index >= 15 is 0 Å². The Kier molecular flexibility index (Phi) is 7.06. The van der Waals surface area contributed by atoms with Crippen molar-refractivity contribution in [2.75, 3.05) is 5.32 Å². The van der Waals surface area contributed by atoms with Crippen molar-refractivity contribution in [1.29, 1.82) is 0 Å². The number of carbonyl (C=O) groups excluding carboxylic acids is 2. The molecule has 7 nitrogen and oxygen atoms in total. The second kappa shape index (κ2) is 9.27. The number of rotatable bonds is 7. The number of non-ortho nitro benzene ring substituents is 1. The molecular weight excluding hydrogens is 380 g/mol. The highest BCUT2D eigenvalue weighted by molar-refractivity contribution is 7.16. The number of benzene rings is 1. The Labute approximate surface area is 167 Å². The van der Waals surface area contributed by atoms with Crippen LogP contribution in [0.4, 0.5) is 10.7 Å². The molecule has 1 aromatic heterocycles. The summed E-state index contributed by atoms with van der Waals surface area (Å²) in [6, 6.07) is 5.96. The van der Waals surface area contributed by atoms with Gasteiger partial charge in [0.15, 0.2) is 0 Å². The van der Waals surface area contributed by atoms with Crippen molar-refractivity contribution >= 4 is 40.0 Å². The number of nitro benzene ring substituents is 1. The second-order valence-electron chi connectivity index (χ2n) is 6.32. The van der Waals surface area contributed by atoms with E-state index in [-0.39, 0.29) is 11.8 Å². The number of anilines is 1. The van der Waals surface area contributed by atoms with Crippen molar-refractivity contribution in [1.82, 2.24) is 0 Å². The van der Waals surface area contributed by atoms with E-state index in [0.717, 1.165) is 10.4 Å². The lowest BCUT2D eigenvalue weighted by atomic mass is 10.1. The van der Waals surface area contributed by atoms with Crippen LogP contribution in [0.1, 0.15) is 47.1 Å². The zero-order valence-corrected chi connectivity index (χ0v) is 17.0. The summed E-state index contributed by atoms with van der Waals surface area (Å²) in [4.78, 5) is 36.1. The zero-order valence-electron chi connectivity index (χ0n) is 16.1. The Hall–Kier alpha value is -3.00. The van der Waals surface area contributed by atoms with Crippen LogP contribution in [0.25, 0.3) is 6.08 Å². The van der Waals surface area contributed by atoms with Crippen molar-refractivity contribution in [3.05, 3.63) is 62.0 Å². The van der Waals surface area contributed by atoms with Gasteiger partial charge in [-0.1, -0.05) is 19.1 Å². The first-order chi connectivity index (χ1) is 13.2. The third kappa shape index (κ3) is 5.26. The molecule has 148 valence electrons. The Morgan fingerprint density at radius 2 is 2.07 bits per heavy atom. The van der Waals surface area contributed by atoms with Crippen LogP contribution in [-0.4, -0.2) is 22.9 Å². The normalized spacial score (nSPS) is 11.0.